The lowest BCUT2D eigenvalue weighted by atomic mass is 10.1. The van der Waals surface area contributed by atoms with Crippen LogP contribution in [-0.4, -0.2) is 18.5 Å². The van der Waals surface area contributed by atoms with E-state index in [4.69, 9.17) is 9.15 Å². The molecule has 0 saturated heterocycles. The Bertz CT molecular complexity index is 820. The van der Waals surface area contributed by atoms with Crippen molar-refractivity contribution in [3.8, 4) is 0 Å². The fraction of sp³-hybridized carbons (Fsp3) is 0.125. The molecule has 112 valence electrons. The third-order valence-corrected chi connectivity index (χ3v) is 4.13. The monoisotopic (exact) mass is 315 g/mol. The van der Waals surface area contributed by atoms with E-state index in [1.807, 2.05) is 24.3 Å². The molecule has 1 aromatic carbocycles. The van der Waals surface area contributed by atoms with Gasteiger partial charge in [0, 0.05) is 10.1 Å². The van der Waals surface area contributed by atoms with E-state index >= 15 is 0 Å². The zero-order valence-electron chi connectivity index (χ0n) is 11.8. The lowest BCUT2D eigenvalue weighted by molar-refractivity contribution is 0.0530. The fourth-order valence-corrected chi connectivity index (χ4v) is 3.20. The smallest absolute Gasteiger partial charge is 0.341 e. The van der Waals surface area contributed by atoms with Gasteiger partial charge in [-0.15, -0.1) is 11.3 Å². The third-order valence-electron chi connectivity index (χ3n) is 3.05. The molecule has 0 saturated carbocycles. The molecular formula is C16H13NO4S. The maximum absolute atomic E-state index is 12.2. The third kappa shape index (κ3) is 2.60. The Morgan fingerprint density at radius 2 is 2.05 bits per heavy atom. The molecule has 0 fully saturated rings. The highest BCUT2D eigenvalue weighted by molar-refractivity contribution is 7.23. The summed E-state index contributed by atoms with van der Waals surface area (Å²) in [6.45, 7) is 2.02. The molecule has 5 nitrogen and oxygen atoms in total. The summed E-state index contributed by atoms with van der Waals surface area (Å²) < 4.78 is 11.1. The Morgan fingerprint density at radius 3 is 2.77 bits per heavy atom. The van der Waals surface area contributed by atoms with E-state index in [1.54, 1.807) is 19.1 Å². The predicted octanol–water partition coefficient (Wildman–Crippen LogP) is 3.92. The van der Waals surface area contributed by atoms with E-state index in [9.17, 15) is 9.59 Å². The first-order valence-electron chi connectivity index (χ1n) is 6.74. The Morgan fingerprint density at radius 1 is 1.23 bits per heavy atom. The van der Waals surface area contributed by atoms with E-state index < -0.39 is 11.9 Å². The predicted molar refractivity (Wildman–Crippen MR) is 84.4 cm³/mol. The molecule has 0 aliphatic heterocycles. The number of fused-ring (bicyclic) bond motifs is 1. The number of anilines is 1. The summed E-state index contributed by atoms with van der Waals surface area (Å²) in [4.78, 5) is 24.4. The van der Waals surface area contributed by atoms with Gasteiger partial charge in [-0.3, -0.25) is 4.79 Å². The average Bonchev–Trinajstić information content (AvgIpc) is 3.14. The van der Waals surface area contributed by atoms with Gasteiger partial charge in [0.05, 0.1) is 12.9 Å². The van der Waals surface area contributed by atoms with Gasteiger partial charge in [-0.05, 0) is 25.1 Å². The van der Waals surface area contributed by atoms with Gasteiger partial charge in [0.1, 0.15) is 10.6 Å². The first-order valence-corrected chi connectivity index (χ1v) is 7.56. The summed E-state index contributed by atoms with van der Waals surface area (Å²) in [5.74, 6) is -0.663. The van der Waals surface area contributed by atoms with Crippen LogP contribution >= 0.6 is 11.3 Å². The van der Waals surface area contributed by atoms with Crippen LogP contribution in [0.1, 0.15) is 27.8 Å². The summed E-state index contributed by atoms with van der Waals surface area (Å²) in [7, 11) is 0. The number of ether oxygens (including phenoxy) is 1. The number of carbonyl (C=O) groups excluding carboxylic acids is 2. The van der Waals surface area contributed by atoms with Crippen LogP contribution in [0.3, 0.4) is 0 Å². The molecule has 3 rings (SSSR count). The van der Waals surface area contributed by atoms with Crippen molar-refractivity contribution in [2.45, 2.75) is 6.92 Å². The van der Waals surface area contributed by atoms with E-state index in [-0.39, 0.29) is 12.4 Å². The van der Waals surface area contributed by atoms with Crippen LogP contribution in [0.25, 0.3) is 10.1 Å². The minimum Gasteiger partial charge on any atom is -0.462 e. The van der Waals surface area contributed by atoms with E-state index in [0.717, 1.165) is 10.1 Å². The van der Waals surface area contributed by atoms with E-state index in [2.05, 4.69) is 5.32 Å². The van der Waals surface area contributed by atoms with Gasteiger partial charge in [-0.25, -0.2) is 4.79 Å². The topological polar surface area (TPSA) is 68.5 Å². The van der Waals surface area contributed by atoms with E-state index in [0.29, 0.717) is 10.6 Å². The molecular weight excluding hydrogens is 302 g/mol. The number of nitrogens with one attached hydrogen (secondary N) is 1. The molecule has 0 aliphatic carbocycles. The maximum Gasteiger partial charge on any atom is 0.341 e. The van der Waals surface area contributed by atoms with Crippen LogP contribution in [-0.2, 0) is 4.74 Å². The maximum atomic E-state index is 12.2. The first-order chi connectivity index (χ1) is 10.7. The van der Waals surface area contributed by atoms with Crippen molar-refractivity contribution < 1.29 is 18.7 Å². The lowest BCUT2D eigenvalue weighted by Crippen LogP contribution is -2.13. The minimum atomic E-state index is -0.449. The fourth-order valence-electron chi connectivity index (χ4n) is 2.11. The molecule has 0 radical (unpaired) electrons. The highest BCUT2D eigenvalue weighted by Gasteiger charge is 2.22. The van der Waals surface area contributed by atoms with Gasteiger partial charge < -0.3 is 14.5 Å². The van der Waals surface area contributed by atoms with Gasteiger partial charge in [0.25, 0.3) is 5.91 Å². The van der Waals surface area contributed by atoms with Crippen LogP contribution in [0.4, 0.5) is 5.00 Å². The van der Waals surface area contributed by atoms with Gasteiger partial charge in [0.2, 0.25) is 0 Å². The number of esters is 1. The van der Waals surface area contributed by atoms with Crippen LogP contribution in [0, 0.1) is 0 Å². The second-order valence-corrected chi connectivity index (χ2v) is 5.51. The number of hydrogen-bond acceptors (Lipinski definition) is 5. The van der Waals surface area contributed by atoms with Crippen molar-refractivity contribution in [1.29, 1.82) is 0 Å². The van der Waals surface area contributed by atoms with Gasteiger partial charge in [-0.1, -0.05) is 18.2 Å². The highest BCUT2D eigenvalue weighted by Crippen LogP contribution is 2.36. The summed E-state index contributed by atoms with van der Waals surface area (Å²) in [5, 5.41) is 3.95. The number of rotatable bonds is 4. The summed E-state index contributed by atoms with van der Waals surface area (Å²) in [6.07, 6.45) is 1.42. The zero-order chi connectivity index (χ0) is 15.5. The molecule has 2 heterocycles. The molecule has 0 atom stereocenters. The van der Waals surface area contributed by atoms with Gasteiger partial charge >= 0.3 is 5.97 Å². The Hall–Kier alpha value is -2.60. The lowest BCUT2D eigenvalue weighted by Gasteiger charge is -2.05. The number of thiophene rings is 1. The number of amides is 1. The van der Waals surface area contributed by atoms with Crippen LogP contribution in [0.15, 0.2) is 47.1 Å². The number of hydrogen-bond donors (Lipinski definition) is 1. The van der Waals surface area contributed by atoms with Crippen molar-refractivity contribution in [3.05, 3.63) is 54.0 Å². The molecule has 0 unspecified atom stereocenters. The Balaban J connectivity index is 2.02. The second-order valence-electron chi connectivity index (χ2n) is 4.45. The van der Waals surface area contributed by atoms with Crippen LogP contribution < -0.4 is 5.32 Å². The number of carbonyl (C=O) groups is 2. The average molecular weight is 315 g/mol. The molecule has 6 heteroatoms. The van der Waals surface area contributed by atoms with Crippen LogP contribution in [0.2, 0.25) is 0 Å². The molecule has 2 aromatic heterocycles. The standard InChI is InChI=1S/C16H13NO4S/c1-2-20-16(19)13-10-6-3-4-8-12(10)22-15(13)17-14(18)11-7-5-9-21-11/h3-9H,2H2,1H3,(H,17,18). The quantitative estimate of drug-likeness (QED) is 0.741. The van der Waals surface area contributed by atoms with Crippen molar-refractivity contribution in [1.82, 2.24) is 0 Å². The SMILES string of the molecule is CCOC(=O)c1c(NC(=O)c2ccco2)sc2ccccc12. The largest absolute Gasteiger partial charge is 0.462 e. The molecule has 1 amide bonds. The second kappa shape index (κ2) is 6.03. The van der Waals surface area contributed by atoms with Crippen molar-refractivity contribution in [3.63, 3.8) is 0 Å². The molecule has 0 aliphatic rings. The normalized spacial score (nSPS) is 10.6. The molecule has 22 heavy (non-hydrogen) atoms. The number of furan rings is 1. The van der Waals surface area contributed by atoms with Gasteiger partial charge in [0.15, 0.2) is 5.76 Å². The molecule has 0 spiro atoms. The Kier molecular flexibility index (Phi) is 3.93. The first kappa shape index (κ1) is 14.3. The summed E-state index contributed by atoms with van der Waals surface area (Å²) in [5.41, 5.74) is 0.377. The highest BCUT2D eigenvalue weighted by atomic mass is 32.1. The van der Waals surface area contributed by atoms with Crippen molar-refractivity contribution in [2.75, 3.05) is 11.9 Å². The summed E-state index contributed by atoms with van der Waals surface area (Å²) in [6, 6.07) is 10.6. The van der Waals surface area contributed by atoms with Crippen molar-refractivity contribution >= 4 is 38.3 Å². The molecule has 0 bridgehead atoms. The van der Waals surface area contributed by atoms with E-state index in [1.165, 1.54) is 17.6 Å². The molecule has 3 aromatic rings. The van der Waals surface area contributed by atoms with Gasteiger partial charge in [-0.2, -0.15) is 0 Å². The zero-order valence-corrected chi connectivity index (χ0v) is 12.6. The molecule has 1 N–H and O–H groups in total. The Labute approximate surface area is 130 Å². The minimum absolute atomic E-state index is 0.187. The number of benzene rings is 1. The summed E-state index contributed by atoms with van der Waals surface area (Å²) >= 11 is 1.33. The van der Waals surface area contributed by atoms with Crippen LogP contribution in [0.5, 0.6) is 0 Å². The van der Waals surface area contributed by atoms with Crippen molar-refractivity contribution in [2.24, 2.45) is 0 Å².